The molecule has 140 valence electrons. The minimum atomic E-state index is -1.19. The van der Waals surface area contributed by atoms with E-state index in [0.29, 0.717) is 0 Å². The Morgan fingerprint density at radius 2 is 0.826 bits per heavy atom. The highest BCUT2D eigenvalue weighted by Gasteiger charge is 2.04. The second-order valence-corrected chi connectivity index (χ2v) is 12.2. The van der Waals surface area contributed by atoms with E-state index >= 15 is 0 Å². The lowest BCUT2D eigenvalue weighted by Crippen LogP contribution is -2.27. The Balaban J connectivity index is 0. The Bertz CT molecular complexity index is 173. The molecule has 0 radical (unpaired) electrons. The van der Waals surface area contributed by atoms with Crippen LogP contribution in [0.2, 0.25) is 5.79 Å². The quantitative estimate of drug-likeness (QED) is 0.208. The fourth-order valence-electron chi connectivity index (χ4n) is 2.62. The number of hydrogen-bond donors (Lipinski definition) is 0. The summed E-state index contributed by atoms with van der Waals surface area (Å²) < 4.78 is 0. The molecular weight excluding hydrogens is 340 g/mol. The van der Waals surface area contributed by atoms with Gasteiger partial charge in [0.15, 0.2) is 0 Å². The molecular formula is C19H42AlCl2N. The molecule has 0 aliphatic carbocycles. The molecule has 0 aromatic heterocycles. The van der Waals surface area contributed by atoms with E-state index in [1.54, 1.807) is 0 Å². The van der Waals surface area contributed by atoms with Crippen LogP contribution in [0.25, 0.3) is 0 Å². The fourth-order valence-corrected chi connectivity index (χ4v) is 2.62. The normalized spacial score (nSPS) is 10.6. The van der Waals surface area contributed by atoms with Crippen molar-refractivity contribution in [3.8, 4) is 0 Å². The van der Waals surface area contributed by atoms with Crippen LogP contribution in [0.1, 0.15) is 97.8 Å². The first-order valence-electron chi connectivity index (χ1n) is 10.1. The first-order chi connectivity index (χ1) is 11.1. The van der Waals surface area contributed by atoms with Gasteiger partial charge in [0, 0.05) is 0 Å². The second kappa shape index (κ2) is 23.1. The Kier molecular flexibility index (Phi) is 26.4. The van der Waals surface area contributed by atoms with Crippen LogP contribution in [0, 0.1) is 0 Å². The summed E-state index contributed by atoms with van der Waals surface area (Å²) in [6.07, 6.45) is 16.8. The molecule has 0 aliphatic rings. The first-order valence-corrected chi connectivity index (χ1v) is 14.7. The van der Waals surface area contributed by atoms with Crippen molar-refractivity contribution in [1.29, 1.82) is 0 Å². The lowest BCUT2D eigenvalue weighted by atomic mass is 10.1. The van der Waals surface area contributed by atoms with E-state index in [2.05, 4.69) is 25.7 Å². The molecule has 0 atom stereocenters. The number of unbranched alkanes of at least 4 members (excludes halogenated alkanes) is 9. The van der Waals surface area contributed by atoms with Crippen LogP contribution in [-0.2, 0) is 0 Å². The van der Waals surface area contributed by atoms with Crippen LogP contribution >= 0.6 is 20.1 Å². The minimum Gasteiger partial charge on any atom is -0.303 e. The van der Waals surface area contributed by atoms with Gasteiger partial charge in [0.1, 0.15) is 0 Å². The van der Waals surface area contributed by atoms with Gasteiger partial charge in [-0.2, -0.15) is 0 Å². The van der Waals surface area contributed by atoms with Gasteiger partial charge < -0.3 is 4.90 Å². The van der Waals surface area contributed by atoms with Gasteiger partial charge in [-0.15, -0.1) is 0 Å². The standard InChI is InChI=1S/C18H39N.CH3.Al.2ClH/c1-4-7-10-13-16-19(17-14-11-8-5-2)18-15-12-9-6-3;;;;/h4-18H2,1-3H3;1H3;;2*1H/q;;+2;;/p-2. The molecule has 0 bridgehead atoms. The zero-order chi connectivity index (χ0) is 17.8. The molecule has 0 saturated carbocycles. The monoisotopic (exact) mass is 381 g/mol. The van der Waals surface area contributed by atoms with E-state index < -0.39 is 12.3 Å². The maximum Gasteiger partial charge on any atom is 0.516 e. The third-order valence-electron chi connectivity index (χ3n) is 3.98. The van der Waals surface area contributed by atoms with Gasteiger partial charge in [-0.25, -0.2) is 20.1 Å². The lowest BCUT2D eigenvalue weighted by molar-refractivity contribution is 0.255. The minimum absolute atomic E-state index is 1.19. The van der Waals surface area contributed by atoms with Gasteiger partial charge in [0.2, 0.25) is 0 Å². The average Bonchev–Trinajstić information content (AvgIpc) is 2.50. The molecule has 0 saturated heterocycles. The summed E-state index contributed by atoms with van der Waals surface area (Å²) in [5, 5.41) is 0. The predicted octanol–water partition coefficient (Wildman–Crippen LogP) is 7.61. The molecule has 0 unspecified atom stereocenters. The summed E-state index contributed by atoms with van der Waals surface area (Å²) in [5.74, 6) is 1.84. The van der Waals surface area contributed by atoms with E-state index in [0.717, 1.165) is 0 Å². The van der Waals surface area contributed by atoms with Crippen molar-refractivity contribution >= 4 is 32.4 Å². The summed E-state index contributed by atoms with van der Waals surface area (Å²) in [5.41, 5.74) is 0. The zero-order valence-corrected chi connectivity index (χ0v) is 19.1. The molecule has 0 rings (SSSR count). The highest BCUT2D eigenvalue weighted by Crippen LogP contribution is 2.08. The van der Waals surface area contributed by atoms with Crippen molar-refractivity contribution < 1.29 is 0 Å². The molecule has 0 spiro atoms. The third-order valence-corrected chi connectivity index (χ3v) is 3.98. The Labute approximate surface area is 160 Å². The summed E-state index contributed by atoms with van der Waals surface area (Å²) in [6, 6.07) is 0. The largest absolute Gasteiger partial charge is 0.516 e. The molecule has 0 fully saturated rings. The average molecular weight is 382 g/mol. The van der Waals surface area contributed by atoms with Crippen molar-refractivity contribution in [3.63, 3.8) is 0 Å². The van der Waals surface area contributed by atoms with Gasteiger partial charge in [-0.1, -0.05) is 84.3 Å². The Morgan fingerprint density at radius 1 is 0.565 bits per heavy atom. The number of halogens is 2. The molecule has 23 heavy (non-hydrogen) atoms. The van der Waals surface area contributed by atoms with Crippen molar-refractivity contribution in [2.75, 3.05) is 19.6 Å². The molecule has 1 nitrogen and oxygen atoms in total. The number of hydrogen-bond acceptors (Lipinski definition) is 1. The Morgan fingerprint density at radius 3 is 1.04 bits per heavy atom. The van der Waals surface area contributed by atoms with Crippen LogP contribution in [0.3, 0.4) is 0 Å². The maximum absolute atomic E-state index is 5.18. The summed E-state index contributed by atoms with van der Waals surface area (Å²) in [4.78, 5) is 2.74. The van der Waals surface area contributed by atoms with Crippen molar-refractivity contribution in [1.82, 2.24) is 4.90 Å². The second-order valence-electron chi connectivity index (χ2n) is 6.54. The van der Waals surface area contributed by atoms with Crippen LogP contribution in [0.4, 0.5) is 0 Å². The number of nitrogens with zero attached hydrogens (tertiary/aromatic N) is 1. The van der Waals surface area contributed by atoms with E-state index in [1.165, 1.54) is 96.7 Å². The molecule has 0 amide bonds. The van der Waals surface area contributed by atoms with Gasteiger partial charge in [0.25, 0.3) is 0 Å². The predicted molar refractivity (Wildman–Crippen MR) is 112 cm³/mol. The topological polar surface area (TPSA) is 3.24 Å². The van der Waals surface area contributed by atoms with Crippen molar-refractivity contribution in [2.24, 2.45) is 0 Å². The molecule has 4 heteroatoms. The first kappa shape index (κ1) is 26.3. The molecule has 0 aliphatic heterocycles. The van der Waals surface area contributed by atoms with Gasteiger partial charge in [0.05, 0.1) is 0 Å². The van der Waals surface area contributed by atoms with Crippen LogP contribution in [0.5, 0.6) is 0 Å². The molecule has 0 aromatic carbocycles. The van der Waals surface area contributed by atoms with Crippen LogP contribution in [-0.4, -0.2) is 36.8 Å². The smallest absolute Gasteiger partial charge is 0.303 e. The maximum atomic E-state index is 5.18. The molecule has 0 aromatic rings. The summed E-state index contributed by atoms with van der Waals surface area (Å²) >= 11 is -1.19. The van der Waals surface area contributed by atoms with Crippen molar-refractivity contribution in [3.05, 3.63) is 0 Å². The van der Waals surface area contributed by atoms with E-state index in [9.17, 15) is 0 Å². The highest BCUT2D eigenvalue weighted by molar-refractivity contribution is 7.33. The van der Waals surface area contributed by atoms with Crippen LogP contribution < -0.4 is 0 Å². The van der Waals surface area contributed by atoms with Gasteiger partial charge >= 0.3 is 12.3 Å². The summed E-state index contributed by atoms with van der Waals surface area (Å²) in [6.45, 7) is 10.9. The van der Waals surface area contributed by atoms with E-state index in [-0.39, 0.29) is 0 Å². The zero-order valence-electron chi connectivity index (χ0n) is 16.4. The van der Waals surface area contributed by atoms with Crippen LogP contribution in [0.15, 0.2) is 0 Å². The summed E-state index contributed by atoms with van der Waals surface area (Å²) in [7, 11) is 10.4. The van der Waals surface area contributed by atoms with Gasteiger partial charge in [-0.3, -0.25) is 0 Å². The SMILES string of the molecule is CCCCCCN(CCCCCC)CCCCCC.[CH3][Al]([Cl])[Cl]. The lowest BCUT2D eigenvalue weighted by Gasteiger charge is -2.22. The van der Waals surface area contributed by atoms with Gasteiger partial charge in [-0.05, 0) is 38.9 Å². The molecule has 0 N–H and O–H groups in total. The highest BCUT2D eigenvalue weighted by atomic mass is 35.7. The number of rotatable bonds is 15. The molecule has 0 heterocycles. The third kappa shape index (κ3) is 28.2. The van der Waals surface area contributed by atoms with E-state index in [4.69, 9.17) is 20.1 Å². The fraction of sp³-hybridized carbons (Fsp3) is 1.00. The van der Waals surface area contributed by atoms with Crippen molar-refractivity contribution in [2.45, 2.75) is 104 Å². The Hall–Kier alpha value is 1.07. The van der Waals surface area contributed by atoms with E-state index in [1.807, 2.05) is 5.79 Å².